The number of nitrogens with zero attached hydrogens (tertiary/aromatic N) is 4. The molecule has 1 aromatic rings. The molecular weight excluding hydrogens is 304 g/mol. The van der Waals surface area contributed by atoms with Crippen molar-refractivity contribution in [2.24, 2.45) is 0 Å². The molecule has 7 nitrogen and oxygen atoms in total. The second-order valence-electron chi connectivity index (χ2n) is 5.54. The quantitative estimate of drug-likeness (QED) is 0.434. The zero-order chi connectivity index (χ0) is 16.2. The van der Waals surface area contributed by atoms with Gasteiger partial charge in [0.2, 0.25) is 0 Å². The maximum Gasteiger partial charge on any atom is 0.310 e. The van der Waals surface area contributed by atoms with Crippen LogP contribution < -0.4 is 4.65 Å². The molecular formula is C14H24N4O3S. The number of esters is 1. The SMILES string of the molecule is CCCc1nnc([N+]2([O-])CN(CCC)CC2OC(=O)CC)s1. The molecule has 0 saturated carbocycles. The van der Waals surface area contributed by atoms with Gasteiger partial charge in [-0.3, -0.25) is 9.44 Å². The van der Waals surface area contributed by atoms with E-state index >= 15 is 0 Å². The van der Waals surface area contributed by atoms with Crippen LogP contribution in [0.2, 0.25) is 0 Å². The van der Waals surface area contributed by atoms with E-state index < -0.39 is 10.9 Å². The summed E-state index contributed by atoms with van der Waals surface area (Å²) in [6, 6.07) is 0. The lowest BCUT2D eigenvalue weighted by molar-refractivity contribution is -0.153. The Morgan fingerprint density at radius 1 is 1.41 bits per heavy atom. The lowest BCUT2D eigenvalue weighted by Gasteiger charge is -2.38. The number of hydrogen-bond acceptors (Lipinski definition) is 7. The Balaban J connectivity index is 2.22. The number of rotatable bonds is 7. The lowest BCUT2D eigenvalue weighted by Crippen LogP contribution is -2.50. The number of hydrogen-bond donors (Lipinski definition) is 0. The van der Waals surface area contributed by atoms with Crippen LogP contribution in [-0.4, -0.2) is 47.1 Å². The maximum atomic E-state index is 13.3. The number of aryl methyl sites for hydroxylation is 1. The Morgan fingerprint density at radius 3 is 2.82 bits per heavy atom. The molecule has 0 aromatic carbocycles. The van der Waals surface area contributed by atoms with Crippen LogP contribution in [0.4, 0.5) is 5.13 Å². The zero-order valence-corrected chi connectivity index (χ0v) is 14.3. The van der Waals surface area contributed by atoms with Crippen molar-refractivity contribution in [1.82, 2.24) is 19.7 Å². The molecule has 1 aromatic heterocycles. The predicted molar refractivity (Wildman–Crippen MR) is 86.0 cm³/mol. The highest BCUT2D eigenvalue weighted by Crippen LogP contribution is 2.34. The van der Waals surface area contributed by atoms with Crippen molar-refractivity contribution in [3.8, 4) is 0 Å². The van der Waals surface area contributed by atoms with Gasteiger partial charge in [-0.2, -0.15) is 0 Å². The average Bonchev–Trinajstić information content (AvgIpc) is 3.06. The fourth-order valence-electron chi connectivity index (χ4n) is 2.53. The number of carbonyl (C=O) groups is 1. The first-order chi connectivity index (χ1) is 10.5. The Morgan fingerprint density at radius 2 is 2.18 bits per heavy atom. The van der Waals surface area contributed by atoms with Crippen molar-refractivity contribution in [1.29, 1.82) is 0 Å². The van der Waals surface area contributed by atoms with Gasteiger partial charge in [-0.05, 0) is 24.2 Å². The Hall–Kier alpha value is -1.09. The molecule has 1 saturated heterocycles. The number of ether oxygens (including phenoxy) is 1. The van der Waals surface area contributed by atoms with Gasteiger partial charge in [-0.15, -0.1) is 5.10 Å². The third-order valence-corrected chi connectivity index (χ3v) is 4.72. The monoisotopic (exact) mass is 328 g/mol. The number of quaternary nitrogens is 1. The predicted octanol–water partition coefficient (Wildman–Crippen LogP) is 2.26. The van der Waals surface area contributed by atoms with Gasteiger partial charge in [0.05, 0.1) is 6.54 Å². The third kappa shape index (κ3) is 3.62. The molecule has 2 rings (SSSR count). The van der Waals surface area contributed by atoms with E-state index in [2.05, 4.69) is 24.0 Å². The summed E-state index contributed by atoms with van der Waals surface area (Å²) in [5, 5.41) is 22.7. The van der Waals surface area contributed by atoms with Gasteiger partial charge in [0.25, 0.3) is 6.23 Å². The van der Waals surface area contributed by atoms with Crippen LogP contribution in [0.25, 0.3) is 0 Å². The minimum absolute atomic E-state index is 0.260. The van der Waals surface area contributed by atoms with Gasteiger partial charge in [0, 0.05) is 19.4 Å². The highest BCUT2D eigenvalue weighted by molar-refractivity contribution is 7.15. The van der Waals surface area contributed by atoms with Crippen molar-refractivity contribution in [3.05, 3.63) is 10.2 Å². The van der Waals surface area contributed by atoms with Crippen LogP contribution in [0.3, 0.4) is 0 Å². The van der Waals surface area contributed by atoms with Crippen LogP contribution in [-0.2, 0) is 16.0 Å². The summed E-state index contributed by atoms with van der Waals surface area (Å²) in [6.07, 6.45) is 2.24. The van der Waals surface area contributed by atoms with Gasteiger partial charge < -0.3 is 9.94 Å². The van der Waals surface area contributed by atoms with Crippen molar-refractivity contribution >= 4 is 22.4 Å². The number of carbonyl (C=O) groups excluding carboxylic acids is 1. The van der Waals surface area contributed by atoms with Crippen LogP contribution in [0, 0.1) is 5.21 Å². The first-order valence-electron chi connectivity index (χ1n) is 7.87. The minimum Gasteiger partial charge on any atom is -0.622 e. The van der Waals surface area contributed by atoms with E-state index in [0.29, 0.717) is 11.7 Å². The molecule has 2 unspecified atom stereocenters. The molecule has 1 aliphatic heterocycles. The van der Waals surface area contributed by atoms with Gasteiger partial charge in [-0.25, -0.2) is 4.90 Å². The molecule has 0 radical (unpaired) electrons. The summed E-state index contributed by atoms with van der Waals surface area (Å²) in [7, 11) is 0. The topological polar surface area (TPSA) is 78.4 Å². The van der Waals surface area contributed by atoms with E-state index in [1.807, 2.05) is 4.90 Å². The molecule has 0 amide bonds. The molecule has 1 aliphatic rings. The number of aromatic nitrogens is 2. The Kier molecular flexibility index (Phi) is 5.85. The average molecular weight is 328 g/mol. The van der Waals surface area contributed by atoms with Crippen molar-refractivity contribution in [2.75, 3.05) is 19.8 Å². The second-order valence-corrected chi connectivity index (χ2v) is 6.58. The fourth-order valence-corrected chi connectivity index (χ4v) is 3.54. The Bertz CT molecular complexity index is 510. The van der Waals surface area contributed by atoms with Crippen molar-refractivity contribution in [3.63, 3.8) is 0 Å². The molecule has 0 aliphatic carbocycles. The molecule has 1 fully saturated rings. The Labute approximate surface area is 135 Å². The van der Waals surface area contributed by atoms with E-state index in [-0.39, 0.29) is 19.1 Å². The van der Waals surface area contributed by atoms with E-state index in [1.165, 1.54) is 11.3 Å². The maximum absolute atomic E-state index is 13.3. The van der Waals surface area contributed by atoms with Crippen molar-refractivity contribution < 1.29 is 9.53 Å². The van der Waals surface area contributed by atoms with Crippen LogP contribution in [0.5, 0.6) is 0 Å². The van der Waals surface area contributed by atoms with Crippen LogP contribution in [0.15, 0.2) is 0 Å². The molecule has 8 heteroatoms. The first kappa shape index (κ1) is 17.3. The normalized spacial score (nSPS) is 25.5. The summed E-state index contributed by atoms with van der Waals surface area (Å²) < 4.78 is 4.67. The highest BCUT2D eigenvalue weighted by atomic mass is 32.1. The third-order valence-electron chi connectivity index (χ3n) is 3.63. The van der Waals surface area contributed by atoms with E-state index in [9.17, 15) is 10.0 Å². The molecule has 0 bridgehead atoms. The van der Waals surface area contributed by atoms with E-state index in [1.54, 1.807) is 6.92 Å². The van der Waals surface area contributed by atoms with Gasteiger partial charge >= 0.3 is 11.1 Å². The second kappa shape index (κ2) is 7.45. The van der Waals surface area contributed by atoms with Gasteiger partial charge in [-0.1, -0.05) is 25.9 Å². The van der Waals surface area contributed by atoms with E-state index in [0.717, 1.165) is 30.8 Å². The highest BCUT2D eigenvalue weighted by Gasteiger charge is 2.46. The van der Waals surface area contributed by atoms with Gasteiger partial charge in [0.1, 0.15) is 11.7 Å². The summed E-state index contributed by atoms with van der Waals surface area (Å²) in [6.45, 7) is 7.37. The standard InChI is InChI=1S/C14H24N4O3S/c1-4-7-11-15-16-14(22-11)18(20)10-17(8-5-2)9-12(18)21-13(19)6-3/h12H,4-10H2,1-3H3. The van der Waals surface area contributed by atoms with E-state index in [4.69, 9.17) is 4.74 Å². The minimum atomic E-state index is -0.749. The molecule has 2 atom stereocenters. The summed E-state index contributed by atoms with van der Waals surface area (Å²) in [5.41, 5.74) is 0. The van der Waals surface area contributed by atoms with Crippen LogP contribution in [0.1, 0.15) is 45.0 Å². The smallest absolute Gasteiger partial charge is 0.310 e. The summed E-state index contributed by atoms with van der Waals surface area (Å²) in [4.78, 5) is 13.7. The zero-order valence-electron chi connectivity index (χ0n) is 13.4. The molecule has 0 N–H and O–H groups in total. The fraction of sp³-hybridized carbons (Fsp3) is 0.786. The lowest BCUT2D eigenvalue weighted by atomic mass is 10.4. The summed E-state index contributed by atoms with van der Waals surface area (Å²) >= 11 is 1.33. The summed E-state index contributed by atoms with van der Waals surface area (Å²) in [5.74, 6) is -0.347. The molecule has 2 heterocycles. The van der Waals surface area contributed by atoms with Crippen LogP contribution >= 0.6 is 11.3 Å². The largest absolute Gasteiger partial charge is 0.622 e. The molecule has 22 heavy (non-hydrogen) atoms. The molecule has 0 spiro atoms. The van der Waals surface area contributed by atoms with Crippen molar-refractivity contribution in [2.45, 2.75) is 52.7 Å². The molecule has 124 valence electrons. The first-order valence-corrected chi connectivity index (χ1v) is 8.68. The number of hydroxylamine groups is 2. The van der Waals surface area contributed by atoms with Gasteiger partial charge in [0.15, 0.2) is 0 Å².